The van der Waals surface area contributed by atoms with Gasteiger partial charge in [0.1, 0.15) is 5.82 Å². The van der Waals surface area contributed by atoms with Crippen LogP contribution in [0.2, 0.25) is 0 Å². The van der Waals surface area contributed by atoms with Gasteiger partial charge in [0.15, 0.2) is 0 Å². The minimum absolute atomic E-state index is 0.0913. The number of anilines is 1. The molecule has 0 fully saturated rings. The van der Waals surface area contributed by atoms with Crippen LogP contribution in [0.1, 0.15) is 35.6 Å². The average Bonchev–Trinajstić information content (AvgIpc) is 2.56. The van der Waals surface area contributed by atoms with Gasteiger partial charge in [0.05, 0.1) is 0 Å². The molecule has 0 atom stereocenters. The lowest BCUT2D eigenvalue weighted by atomic mass is 10.0. The second kappa shape index (κ2) is 8.61. The van der Waals surface area contributed by atoms with E-state index in [1.54, 1.807) is 17.0 Å². The number of hydrogen-bond donors (Lipinski definition) is 1. The van der Waals surface area contributed by atoms with Crippen LogP contribution < -0.4 is 10.2 Å². The maximum Gasteiger partial charge on any atom is 0.223 e. The lowest BCUT2D eigenvalue weighted by Crippen LogP contribution is -2.34. The summed E-state index contributed by atoms with van der Waals surface area (Å²) in [5.41, 5.74) is 4.88. The summed E-state index contributed by atoms with van der Waals surface area (Å²) in [5.74, 6) is -0.546. The second-order valence-corrected chi connectivity index (χ2v) is 6.57. The fraction of sp³-hybridized carbons (Fsp3) is 0.333. The number of nitrogens with zero attached hydrogens (tertiary/aromatic N) is 1. The number of rotatable bonds is 6. The van der Waals surface area contributed by atoms with Crippen molar-refractivity contribution in [2.75, 3.05) is 11.4 Å². The number of aryl methyl sites for hydroxylation is 3. The predicted octanol–water partition coefficient (Wildman–Crippen LogP) is 3.81. The average molecular weight is 356 g/mol. The van der Waals surface area contributed by atoms with Gasteiger partial charge in [-0.1, -0.05) is 29.8 Å². The Morgan fingerprint density at radius 2 is 1.62 bits per heavy atom. The Labute approximate surface area is 154 Å². The molecule has 0 aliphatic carbocycles. The highest BCUT2D eigenvalue weighted by Crippen LogP contribution is 2.26. The van der Waals surface area contributed by atoms with E-state index in [9.17, 15) is 14.0 Å². The zero-order valence-corrected chi connectivity index (χ0v) is 15.7. The summed E-state index contributed by atoms with van der Waals surface area (Å²) in [6, 6.07) is 10.1. The highest BCUT2D eigenvalue weighted by molar-refractivity contribution is 5.94. The van der Waals surface area contributed by atoms with E-state index in [4.69, 9.17) is 0 Å². The molecule has 0 radical (unpaired) electrons. The molecular weight excluding hydrogens is 331 g/mol. The van der Waals surface area contributed by atoms with Gasteiger partial charge in [-0.2, -0.15) is 0 Å². The first-order valence-corrected chi connectivity index (χ1v) is 8.65. The van der Waals surface area contributed by atoms with Crippen molar-refractivity contribution in [3.63, 3.8) is 0 Å². The Bertz CT molecular complexity index is 777. The molecule has 2 amide bonds. The van der Waals surface area contributed by atoms with Crippen LogP contribution in [0.15, 0.2) is 36.4 Å². The van der Waals surface area contributed by atoms with Crippen LogP contribution in [0.5, 0.6) is 0 Å². The zero-order chi connectivity index (χ0) is 19.3. The lowest BCUT2D eigenvalue weighted by Gasteiger charge is -2.25. The minimum Gasteiger partial charge on any atom is -0.352 e. The van der Waals surface area contributed by atoms with Crippen LogP contribution in [0.25, 0.3) is 0 Å². The number of carbonyl (C=O) groups excluding carboxylic acids is 2. The molecule has 0 saturated heterocycles. The van der Waals surface area contributed by atoms with Crippen LogP contribution in [0.4, 0.5) is 10.1 Å². The Balaban J connectivity index is 1.99. The molecule has 138 valence electrons. The molecule has 4 nitrogen and oxygen atoms in total. The molecule has 1 N–H and O–H groups in total. The monoisotopic (exact) mass is 356 g/mol. The van der Waals surface area contributed by atoms with Gasteiger partial charge in [0.25, 0.3) is 0 Å². The molecule has 0 saturated carbocycles. The fourth-order valence-corrected chi connectivity index (χ4v) is 3.13. The summed E-state index contributed by atoms with van der Waals surface area (Å²) >= 11 is 0. The van der Waals surface area contributed by atoms with Gasteiger partial charge in [0, 0.05) is 32.1 Å². The standard InChI is InChI=1S/C21H25FN2O2/c1-14-11-15(2)21(16(3)12-14)24(17(4)25)10-9-20(26)23-13-18-5-7-19(22)8-6-18/h5-8,11-12H,9-10,13H2,1-4H3,(H,23,26). The molecule has 0 unspecified atom stereocenters. The Hall–Kier alpha value is -2.69. The van der Waals surface area contributed by atoms with Crippen molar-refractivity contribution in [1.82, 2.24) is 5.32 Å². The highest BCUT2D eigenvalue weighted by Gasteiger charge is 2.17. The third-order valence-electron chi connectivity index (χ3n) is 4.25. The number of hydrogen-bond acceptors (Lipinski definition) is 2. The van der Waals surface area contributed by atoms with Crippen molar-refractivity contribution >= 4 is 17.5 Å². The summed E-state index contributed by atoms with van der Waals surface area (Å²) in [7, 11) is 0. The summed E-state index contributed by atoms with van der Waals surface area (Å²) in [4.78, 5) is 25.9. The first-order valence-electron chi connectivity index (χ1n) is 8.65. The van der Waals surface area contributed by atoms with Crippen LogP contribution in [-0.4, -0.2) is 18.4 Å². The number of amides is 2. The van der Waals surface area contributed by atoms with Crippen LogP contribution in [0.3, 0.4) is 0 Å². The number of halogens is 1. The molecular formula is C21H25FN2O2. The largest absolute Gasteiger partial charge is 0.352 e. The summed E-state index contributed by atoms with van der Waals surface area (Å²) < 4.78 is 12.9. The van der Waals surface area contributed by atoms with E-state index in [1.807, 2.05) is 32.9 Å². The van der Waals surface area contributed by atoms with E-state index < -0.39 is 0 Å². The van der Waals surface area contributed by atoms with Crippen molar-refractivity contribution in [3.8, 4) is 0 Å². The molecule has 0 bridgehead atoms. The fourth-order valence-electron chi connectivity index (χ4n) is 3.13. The molecule has 0 aromatic heterocycles. The van der Waals surface area contributed by atoms with E-state index in [-0.39, 0.29) is 24.1 Å². The third kappa shape index (κ3) is 5.15. The van der Waals surface area contributed by atoms with Crippen LogP contribution in [0, 0.1) is 26.6 Å². The normalized spacial score (nSPS) is 10.5. The van der Waals surface area contributed by atoms with E-state index in [0.717, 1.165) is 27.9 Å². The van der Waals surface area contributed by atoms with Crippen LogP contribution in [-0.2, 0) is 16.1 Å². The first kappa shape index (κ1) is 19.6. The molecule has 2 aromatic carbocycles. The van der Waals surface area contributed by atoms with Crippen LogP contribution >= 0.6 is 0 Å². The number of carbonyl (C=O) groups is 2. The van der Waals surface area contributed by atoms with Gasteiger partial charge in [-0.05, 0) is 49.6 Å². The molecule has 0 heterocycles. The molecule has 26 heavy (non-hydrogen) atoms. The van der Waals surface area contributed by atoms with Gasteiger partial charge < -0.3 is 10.2 Å². The second-order valence-electron chi connectivity index (χ2n) is 6.57. The van der Waals surface area contributed by atoms with Gasteiger partial charge >= 0.3 is 0 Å². The lowest BCUT2D eigenvalue weighted by molar-refractivity contribution is -0.121. The first-order chi connectivity index (χ1) is 12.3. The van der Waals surface area contributed by atoms with E-state index in [2.05, 4.69) is 5.32 Å². The molecule has 0 spiro atoms. The molecule has 0 aliphatic rings. The Morgan fingerprint density at radius 3 is 2.15 bits per heavy atom. The number of nitrogens with one attached hydrogen (secondary N) is 1. The maximum absolute atomic E-state index is 12.9. The minimum atomic E-state index is -0.305. The number of benzene rings is 2. The van der Waals surface area contributed by atoms with E-state index in [0.29, 0.717) is 13.1 Å². The van der Waals surface area contributed by atoms with Crippen molar-refractivity contribution in [3.05, 3.63) is 64.5 Å². The molecule has 0 aliphatic heterocycles. The predicted molar refractivity (Wildman–Crippen MR) is 102 cm³/mol. The SMILES string of the molecule is CC(=O)N(CCC(=O)NCc1ccc(F)cc1)c1c(C)cc(C)cc1C. The molecule has 5 heteroatoms. The Kier molecular flexibility index (Phi) is 6.50. The molecule has 2 rings (SSSR count). The Morgan fingerprint density at radius 1 is 1.04 bits per heavy atom. The smallest absolute Gasteiger partial charge is 0.223 e. The topological polar surface area (TPSA) is 49.4 Å². The van der Waals surface area contributed by atoms with Crippen molar-refractivity contribution in [1.29, 1.82) is 0 Å². The van der Waals surface area contributed by atoms with Gasteiger partial charge in [-0.15, -0.1) is 0 Å². The van der Waals surface area contributed by atoms with Crippen molar-refractivity contribution < 1.29 is 14.0 Å². The summed E-state index contributed by atoms with van der Waals surface area (Å²) in [5, 5.41) is 2.80. The summed E-state index contributed by atoms with van der Waals surface area (Å²) in [6.45, 7) is 8.12. The highest BCUT2D eigenvalue weighted by atomic mass is 19.1. The van der Waals surface area contributed by atoms with E-state index >= 15 is 0 Å². The zero-order valence-electron chi connectivity index (χ0n) is 15.7. The van der Waals surface area contributed by atoms with Gasteiger partial charge in [0.2, 0.25) is 11.8 Å². The van der Waals surface area contributed by atoms with Gasteiger partial charge in [-0.3, -0.25) is 9.59 Å². The molecule has 2 aromatic rings. The van der Waals surface area contributed by atoms with E-state index in [1.165, 1.54) is 19.1 Å². The van der Waals surface area contributed by atoms with Gasteiger partial charge in [-0.25, -0.2) is 4.39 Å². The quantitative estimate of drug-likeness (QED) is 0.856. The maximum atomic E-state index is 12.9. The third-order valence-corrected chi connectivity index (χ3v) is 4.25. The summed E-state index contributed by atoms with van der Waals surface area (Å²) in [6.07, 6.45) is 0.202. The van der Waals surface area contributed by atoms with Crippen molar-refractivity contribution in [2.45, 2.75) is 40.7 Å². The van der Waals surface area contributed by atoms with Crippen molar-refractivity contribution in [2.24, 2.45) is 0 Å².